The average molecular weight is 235 g/mol. The maximum atomic E-state index is 5.56. The summed E-state index contributed by atoms with van der Waals surface area (Å²) < 4.78 is 5.56. The van der Waals surface area contributed by atoms with Crippen LogP contribution in [0.1, 0.15) is 38.9 Å². The minimum Gasteiger partial charge on any atom is -0.477 e. The Hall–Kier alpha value is -1.58. The molecule has 1 N–H and O–H groups in total. The monoisotopic (exact) mass is 235 g/mol. The lowest BCUT2D eigenvalue weighted by atomic mass is 10.2. The maximum Gasteiger partial charge on any atom is 0.218 e. The van der Waals surface area contributed by atoms with Crippen LogP contribution in [0, 0.1) is 0 Å². The normalized spacial score (nSPS) is 10.4. The smallest absolute Gasteiger partial charge is 0.218 e. The van der Waals surface area contributed by atoms with Crippen molar-refractivity contribution in [3.05, 3.63) is 24.5 Å². The zero-order valence-corrected chi connectivity index (χ0v) is 10.9. The van der Waals surface area contributed by atoms with Gasteiger partial charge in [0.05, 0.1) is 6.61 Å². The molecule has 0 fully saturated rings. The third-order valence-electron chi connectivity index (χ3n) is 2.17. The average Bonchev–Trinajstić information content (AvgIpc) is 2.29. The van der Waals surface area contributed by atoms with E-state index in [9.17, 15) is 0 Å². The first-order chi connectivity index (χ1) is 8.17. The molecule has 0 amide bonds. The van der Waals surface area contributed by atoms with Gasteiger partial charge in [0.25, 0.3) is 0 Å². The summed E-state index contributed by atoms with van der Waals surface area (Å²) in [7, 11) is 0. The lowest BCUT2D eigenvalue weighted by molar-refractivity contribution is 0.310. The summed E-state index contributed by atoms with van der Waals surface area (Å²) in [4.78, 5) is 8.81. The maximum absolute atomic E-state index is 5.56. The fourth-order valence-corrected chi connectivity index (χ4v) is 1.29. The fraction of sp³-hybridized carbons (Fsp3) is 0.538. The van der Waals surface area contributed by atoms with Crippen molar-refractivity contribution in [3.63, 3.8) is 0 Å². The molecule has 0 aliphatic carbocycles. The van der Waals surface area contributed by atoms with Crippen LogP contribution in [0.3, 0.4) is 0 Å². The standard InChI is InChI=1S/C13H21N3O/c1-5-7-8-17-12-9-11(14-6-2)15-13(16-12)10(3)4/h5,9-10H,1,6-8H2,2-4H3,(H,14,15,16). The SMILES string of the molecule is C=CCCOc1cc(NCC)nc(C(C)C)n1. The number of anilines is 1. The van der Waals surface area contributed by atoms with E-state index in [1.165, 1.54) is 0 Å². The second-order valence-corrected chi connectivity index (χ2v) is 4.06. The number of aromatic nitrogens is 2. The second kappa shape index (κ2) is 6.89. The van der Waals surface area contributed by atoms with Crippen LogP contribution in [0.5, 0.6) is 5.88 Å². The Balaban J connectivity index is 2.83. The van der Waals surface area contributed by atoms with Gasteiger partial charge in [0.2, 0.25) is 5.88 Å². The molecule has 4 heteroatoms. The van der Waals surface area contributed by atoms with Crippen LogP contribution in [0.25, 0.3) is 0 Å². The molecule has 0 saturated heterocycles. The van der Waals surface area contributed by atoms with Crippen molar-refractivity contribution >= 4 is 5.82 Å². The summed E-state index contributed by atoms with van der Waals surface area (Å²) >= 11 is 0. The number of hydrogen-bond donors (Lipinski definition) is 1. The van der Waals surface area contributed by atoms with Crippen molar-refractivity contribution in [2.45, 2.75) is 33.1 Å². The predicted molar refractivity (Wildman–Crippen MR) is 70.6 cm³/mol. The third-order valence-corrected chi connectivity index (χ3v) is 2.17. The molecular formula is C13H21N3O. The zero-order chi connectivity index (χ0) is 12.7. The Morgan fingerprint density at radius 2 is 2.24 bits per heavy atom. The van der Waals surface area contributed by atoms with E-state index in [4.69, 9.17) is 4.74 Å². The lowest BCUT2D eigenvalue weighted by Crippen LogP contribution is -2.07. The Bertz CT molecular complexity index is 364. The van der Waals surface area contributed by atoms with E-state index in [1.807, 2.05) is 19.1 Å². The van der Waals surface area contributed by atoms with Crippen LogP contribution >= 0.6 is 0 Å². The number of rotatable bonds is 7. The van der Waals surface area contributed by atoms with Crippen molar-refractivity contribution in [3.8, 4) is 5.88 Å². The van der Waals surface area contributed by atoms with Gasteiger partial charge >= 0.3 is 0 Å². The highest BCUT2D eigenvalue weighted by Crippen LogP contribution is 2.18. The van der Waals surface area contributed by atoms with E-state index in [0.717, 1.165) is 24.6 Å². The van der Waals surface area contributed by atoms with Crippen LogP contribution in [-0.2, 0) is 0 Å². The molecular weight excluding hydrogens is 214 g/mol. The first-order valence-corrected chi connectivity index (χ1v) is 6.04. The van der Waals surface area contributed by atoms with E-state index in [0.29, 0.717) is 12.5 Å². The van der Waals surface area contributed by atoms with Gasteiger partial charge in [0.15, 0.2) is 0 Å². The molecule has 0 radical (unpaired) electrons. The van der Waals surface area contributed by atoms with Crippen molar-refractivity contribution in [1.82, 2.24) is 9.97 Å². The molecule has 0 aromatic carbocycles. The summed E-state index contributed by atoms with van der Waals surface area (Å²) in [5, 5.41) is 3.18. The summed E-state index contributed by atoms with van der Waals surface area (Å²) in [6.45, 7) is 11.3. The predicted octanol–water partition coefficient (Wildman–Crippen LogP) is 2.99. The summed E-state index contributed by atoms with van der Waals surface area (Å²) in [6, 6.07) is 1.83. The molecule has 0 atom stereocenters. The molecule has 0 spiro atoms. The van der Waals surface area contributed by atoms with Crippen LogP contribution < -0.4 is 10.1 Å². The molecule has 1 aromatic rings. The van der Waals surface area contributed by atoms with Crippen LogP contribution in [0.4, 0.5) is 5.82 Å². The quantitative estimate of drug-likeness (QED) is 0.583. The van der Waals surface area contributed by atoms with Gasteiger partial charge in [-0.15, -0.1) is 6.58 Å². The molecule has 94 valence electrons. The van der Waals surface area contributed by atoms with Gasteiger partial charge in [-0.3, -0.25) is 0 Å². The minimum atomic E-state index is 0.287. The zero-order valence-electron chi connectivity index (χ0n) is 10.9. The van der Waals surface area contributed by atoms with E-state index < -0.39 is 0 Å². The van der Waals surface area contributed by atoms with Gasteiger partial charge < -0.3 is 10.1 Å². The molecule has 0 unspecified atom stereocenters. The topological polar surface area (TPSA) is 47.0 Å². The molecule has 0 aliphatic rings. The summed E-state index contributed by atoms with van der Waals surface area (Å²) in [5.41, 5.74) is 0. The Labute approximate surface area is 103 Å². The Morgan fingerprint density at radius 1 is 1.47 bits per heavy atom. The highest BCUT2D eigenvalue weighted by atomic mass is 16.5. The number of nitrogens with zero attached hydrogens (tertiary/aromatic N) is 2. The lowest BCUT2D eigenvalue weighted by Gasteiger charge is -2.11. The first-order valence-electron chi connectivity index (χ1n) is 6.04. The van der Waals surface area contributed by atoms with Gasteiger partial charge in [-0.25, -0.2) is 4.98 Å². The van der Waals surface area contributed by atoms with Gasteiger partial charge in [-0.1, -0.05) is 19.9 Å². The van der Waals surface area contributed by atoms with Crippen molar-refractivity contribution in [2.75, 3.05) is 18.5 Å². The van der Waals surface area contributed by atoms with Gasteiger partial charge in [0.1, 0.15) is 11.6 Å². The Kier molecular flexibility index (Phi) is 5.46. The summed E-state index contributed by atoms with van der Waals surface area (Å²) in [5.74, 6) is 2.54. The third kappa shape index (κ3) is 4.43. The van der Waals surface area contributed by atoms with Crippen LogP contribution in [0.15, 0.2) is 18.7 Å². The molecule has 0 saturated carbocycles. The fourth-order valence-electron chi connectivity index (χ4n) is 1.29. The van der Waals surface area contributed by atoms with E-state index >= 15 is 0 Å². The molecule has 4 nitrogen and oxygen atoms in total. The largest absolute Gasteiger partial charge is 0.477 e. The molecule has 1 rings (SSSR count). The molecule has 0 aliphatic heterocycles. The van der Waals surface area contributed by atoms with Gasteiger partial charge in [-0.05, 0) is 13.3 Å². The highest BCUT2D eigenvalue weighted by Gasteiger charge is 2.08. The van der Waals surface area contributed by atoms with E-state index in [1.54, 1.807) is 0 Å². The minimum absolute atomic E-state index is 0.287. The molecule has 1 aromatic heterocycles. The van der Waals surface area contributed by atoms with Crippen LogP contribution in [-0.4, -0.2) is 23.1 Å². The number of nitrogens with one attached hydrogen (secondary N) is 1. The van der Waals surface area contributed by atoms with Gasteiger partial charge in [-0.2, -0.15) is 4.98 Å². The first kappa shape index (κ1) is 13.5. The van der Waals surface area contributed by atoms with Crippen molar-refractivity contribution < 1.29 is 4.74 Å². The summed E-state index contributed by atoms with van der Waals surface area (Å²) in [6.07, 6.45) is 2.65. The highest BCUT2D eigenvalue weighted by molar-refractivity contribution is 5.38. The second-order valence-electron chi connectivity index (χ2n) is 4.06. The van der Waals surface area contributed by atoms with Crippen molar-refractivity contribution in [2.24, 2.45) is 0 Å². The molecule has 17 heavy (non-hydrogen) atoms. The number of hydrogen-bond acceptors (Lipinski definition) is 4. The number of ether oxygens (including phenoxy) is 1. The van der Waals surface area contributed by atoms with E-state index in [2.05, 4.69) is 35.7 Å². The van der Waals surface area contributed by atoms with Gasteiger partial charge in [0, 0.05) is 18.5 Å². The molecule has 0 bridgehead atoms. The van der Waals surface area contributed by atoms with Crippen molar-refractivity contribution in [1.29, 1.82) is 0 Å². The van der Waals surface area contributed by atoms with E-state index in [-0.39, 0.29) is 5.92 Å². The van der Waals surface area contributed by atoms with Crippen LogP contribution in [0.2, 0.25) is 0 Å². The Morgan fingerprint density at radius 3 is 2.82 bits per heavy atom. The molecule has 1 heterocycles.